The second-order valence-electron chi connectivity index (χ2n) is 6.51. The van der Waals surface area contributed by atoms with Gasteiger partial charge in [-0.1, -0.05) is 31.9 Å². The standard InChI is InChI=1S/C17H24N2O/c1-17(8-3-4-9-17)15(18-2)13-6-5-12-7-10-19-16(20)14(12)11-13/h5-6,11,15,18H,3-4,7-10H2,1-2H3,(H,19,20). The second-order valence-corrected chi connectivity index (χ2v) is 6.51. The number of carbonyl (C=O) groups excluding carboxylic acids is 1. The van der Waals surface area contributed by atoms with Crippen molar-refractivity contribution >= 4 is 5.91 Å². The van der Waals surface area contributed by atoms with E-state index in [-0.39, 0.29) is 5.91 Å². The molecule has 3 heteroatoms. The van der Waals surface area contributed by atoms with E-state index in [1.165, 1.54) is 36.8 Å². The van der Waals surface area contributed by atoms with Gasteiger partial charge in [-0.05, 0) is 48.9 Å². The molecule has 0 spiro atoms. The zero-order valence-electron chi connectivity index (χ0n) is 12.5. The summed E-state index contributed by atoms with van der Waals surface area (Å²) in [5, 5.41) is 6.43. The van der Waals surface area contributed by atoms with Gasteiger partial charge in [0.05, 0.1) is 0 Å². The van der Waals surface area contributed by atoms with Crippen molar-refractivity contribution in [3.05, 3.63) is 34.9 Å². The lowest BCUT2D eigenvalue weighted by molar-refractivity contribution is 0.0945. The van der Waals surface area contributed by atoms with Crippen molar-refractivity contribution in [3.8, 4) is 0 Å². The molecule has 1 aliphatic carbocycles. The minimum atomic E-state index is 0.0829. The molecule has 3 rings (SSSR count). The first-order chi connectivity index (χ1) is 9.64. The van der Waals surface area contributed by atoms with Crippen LogP contribution in [0.1, 0.15) is 60.1 Å². The number of hydrogen-bond donors (Lipinski definition) is 2. The Morgan fingerprint density at radius 1 is 1.30 bits per heavy atom. The molecule has 1 heterocycles. The highest BCUT2D eigenvalue weighted by molar-refractivity contribution is 5.96. The van der Waals surface area contributed by atoms with Crippen LogP contribution in [-0.2, 0) is 6.42 Å². The van der Waals surface area contributed by atoms with Gasteiger partial charge in [0, 0.05) is 18.2 Å². The molecule has 1 saturated carbocycles. The number of amides is 1. The molecule has 1 aromatic carbocycles. The number of carbonyl (C=O) groups is 1. The van der Waals surface area contributed by atoms with E-state index < -0.39 is 0 Å². The molecule has 0 aromatic heterocycles. The quantitative estimate of drug-likeness (QED) is 0.888. The molecule has 20 heavy (non-hydrogen) atoms. The molecule has 108 valence electrons. The van der Waals surface area contributed by atoms with Crippen molar-refractivity contribution in [2.75, 3.05) is 13.6 Å². The van der Waals surface area contributed by atoms with Crippen molar-refractivity contribution in [1.82, 2.24) is 10.6 Å². The first kappa shape index (κ1) is 13.6. The highest BCUT2D eigenvalue weighted by atomic mass is 16.1. The summed E-state index contributed by atoms with van der Waals surface area (Å²) in [6, 6.07) is 6.80. The Bertz CT molecular complexity index is 518. The third-order valence-corrected chi connectivity index (χ3v) is 5.12. The third kappa shape index (κ3) is 2.24. The molecule has 2 N–H and O–H groups in total. The normalized spacial score (nSPS) is 22.2. The van der Waals surface area contributed by atoms with E-state index in [9.17, 15) is 4.79 Å². The van der Waals surface area contributed by atoms with Crippen molar-refractivity contribution < 1.29 is 4.79 Å². The Morgan fingerprint density at radius 3 is 2.75 bits per heavy atom. The summed E-state index contributed by atoms with van der Waals surface area (Å²) in [6.07, 6.45) is 6.12. The Labute approximate surface area is 121 Å². The van der Waals surface area contributed by atoms with Crippen molar-refractivity contribution in [1.29, 1.82) is 0 Å². The van der Waals surface area contributed by atoms with Gasteiger partial charge in [-0.3, -0.25) is 4.79 Å². The molecule has 1 amide bonds. The summed E-state index contributed by atoms with van der Waals surface area (Å²) < 4.78 is 0. The zero-order valence-corrected chi connectivity index (χ0v) is 12.5. The summed E-state index contributed by atoms with van der Waals surface area (Å²) in [6.45, 7) is 3.14. The molecule has 0 bridgehead atoms. The van der Waals surface area contributed by atoms with Crippen LogP contribution in [0.3, 0.4) is 0 Å². The first-order valence-electron chi connectivity index (χ1n) is 7.72. The van der Waals surface area contributed by atoms with Crippen molar-refractivity contribution in [2.24, 2.45) is 5.41 Å². The van der Waals surface area contributed by atoms with Gasteiger partial charge in [0.1, 0.15) is 0 Å². The van der Waals surface area contributed by atoms with Crippen LogP contribution >= 0.6 is 0 Å². The predicted octanol–water partition coefficient (Wildman–Crippen LogP) is 2.81. The van der Waals surface area contributed by atoms with E-state index in [4.69, 9.17) is 0 Å². The molecule has 0 radical (unpaired) electrons. The van der Waals surface area contributed by atoms with Crippen LogP contribution in [0, 0.1) is 5.41 Å². The zero-order chi connectivity index (χ0) is 14.2. The fraction of sp³-hybridized carbons (Fsp3) is 0.588. The van der Waals surface area contributed by atoms with Gasteiger partial charge >= 0.3 is 0 Å². The SMILES string of the molecule is CNC(c1ccc2c(c1)C(=O)NCC2)C1(C)CCCC1. The highest BCUT2D eigenvalue weighted by Crippen LogP contribution is 2.47. The van der Waals surface area contributed by atoms with E-state index in [0.717, 1.165) is 18.5 Å². The fourth-order valence-corrected chi connectivity index (χ4v) is 4.00. The Morgan fingerprint density at radius 2 is 2.05 bits per heavy atom. The number of nitrogens with one attached hydrogen (secondary N) is 2. The summed E-state index contributed by atoms with van der Waals surface area (Å²) >= 11 is 0. The maximum atomic E-state index is 12.0. The van der Waals surface area contributed by atoms with Crippen LogP contribution in [0.25, 0.3) is 0 Å². The van der Waals surface area contributed by atoms with Gasteiger partial charge < -0.3 is 10.6 Å². The summed E-state index contributed by atoms with van der Waals surface area (Å²) in [4.78, 5) is 12.0. The lowest BCUT2D eigenvalue weighted by Gasteiger charge is -2.35. The number of hydrogen-bond acceptors (Lipinski definition) is 2. The van der Waals surface area contributed by atoms with Crippen LogP contribution in [0.15, 0.2) is 18.2 Å². The Hall–Kier alpha value is -1.35. The molecular formula is C17H24N2O. The summed E-state index contributed by atoms with van der Waals surface area (Å²) in [5.74, 6) is 0.0829. The van der Waals surface area contributed by atoms with Gasteiger partial charge in [0.25, 0.3) is 5.91 Å². The average Bonchev–Trinajstić information content (AvgIpc) is 2.88. The van der Waals surface area contributed by atoms with Crippen LogP contribution in [0.4, 0.5) is 0 Å². The maximum absolute atomic E-state index is 12.0. The van der Waals surface area contributed by atoms with Crippen LogP contribution < -0.4 is 10.6 Å². The molecule has 1 aromatic rings. The van der Waals surface area contributed by atoms with Gasteiger partial charge in [-0.25, -0.2) is 0 Å². The molecule has 0 saturated heterocycles. The Balaban J connectivity index is 1.96. The first-order valence-corrected chi connectivity index (χ1v) is 7.72. The maximum Gasteiger partial charge on any atom is 0.251 e. The molecule has 1 aliphatic heterocycles. The van der Waals surface area contributed by atoms with Gasteiger partial charge in [0.15, 0.2) is 0 Å². The van der Waals surface area contributed by atoms with E-state index in [1.54, 1.807) is 0 Å². The van der Waals surface area contributed by atoms with Gasteiger partial charge in [0.2, 0.25) is 0 Å². The van der Waals surface area contributed by atoms with E-state index in [2.05, 4.69) is 35.8 Å². The van der Waals surface area contributed by atoms with Crippen molar-refractivity contribution in [3.63, 3.8) is 0 Å². The molecule has 3 nitrogen and oxygen atoms in total. The van der Waals surface area contributed by atoms with Crippen LogP contribution in [-0.4, -0.2) is 19.5 Å². The highest BCUT2D eigenvalue weighted by Gasteiger charge is 2.37. The smallest absolute Gasteiger partial charge is 0.251 e. The lowest BCUT2D eigenvalue weighted by atomic mass is 9.76. The van der Waals surface area contributed by atoms with Crippen molar-refractivity contribution in [2.45, 2.75) is 45.1 Å². The molecular weight excluding hydrogens is 248 g/mol. The van der Waals surface area contributed by atoms with E-state index >= 15 is 0 Å². The minimum Gasteiger partial charge on any atom is -0.352 e. The van der Waals surface area contributed by atoms with Crippen LogP contribution in [0.2, 0.25) is 0 Å². The average molecular weight is 272 g/mol. The van der Waals surface area contributed by atoms with Gasteiger partial charge in [-0.2, -0.15) is 0 Å². The number of fused-ring (bicyclic) bond motifs is 1. The van der Waals surface area contributed by atoms with E-state index in [1.807, 2.05) is 7.05 Å². The number of rotatable bonds is 3. The molecule has 1 unspecified atom stereocenters. The van der Waals surface area contributed by atoms with E-state index in [0.29, 0.717) is 11.5 Å². The van der Waals surface area contributed by atoms with Crippen LogP contribution in [0.5, 0.6) is 0 Å². The summed E-state index contributed by atoms with van der Waals surface area (Å²) in [7, 11) is 2.04. The fourth-order valence-electron chi connectivity index (χ4n) is 4.00. The molecule has 1 fully saturated rings. The second kappa shape index (κ2) is 5.21. The molecule has 1 atom stereocenters. The molecule has 2 aliphatic rings. The predicted molar refractivity (Wildman–Crippen MR) is 80.9 cm³/mol. The Kier molecular flexibility index (Phi) is 3.55. The largest absolute Gasteiger partial charge is 0.352 e. The lowest BCUT2D eigenvalue weighted by Crippen LogP contribution is -2.34. The number of benzene rings is 1. The monoisotopic (exact) mass is 272 g/mol. The minimum absolute atomic E-state index is 0.0829. The third-order valence-electron chi connectivity index (χ3n) is 5.12. The van der Waals surface area contributed by atoms with Gasteiger partial charge in [-0.15, -0.1) is 0 Å². The topological polar surface area (TPSA) is 41.1 Å². The summed E-state index contributed by atoms with van der Waals surface area (Å²) in [5.41, 5.74) is 3.63.